The maximum Gasteiger partial charge on any atom is 0.143 e. The van der Waals surface area contributed by atoms with Gasteiger partial charge >= 0.3 is 0 Å². The number of halogens is 1. The minimum atomic E-state index is 0.154. The number of hydrogen-bond donors (Lipinski definition) is 1. The van der Waals surface area contributed by atoms with Crippen LogP contribution in [-0.4, -0.2) is 15.1 Å². The minimum Gasteiger partial charge on any atom is -0.506 e. The molecule has 1 N–H and O–H groups in total. The van der Waals surface area contributed by atoms with E-state index in [-0.39, 0.29) is 5.75 Å². The van der Waals surface area contributed by atoms with E-state index >= 15 is 0 Å². The number of aromatic nitrogens is 2. The molecule has 3 aromatic rings. The maximum atomic E-state index is 9.87. The van der Waals surface area contributed by atoms with E-state index in [0.29, 0.717) is 11.0 Å². The molecule has 0 spiro atoms. The molecule has 0 aliphatic heterocycles. The quantitative estimate of drug-likeness (QED) is 0.641. The molecule has 0 aliphatic carbocycles. The topological polar surface area (TPSA) is 46.0 Å². The summed E-state index contributed by atoms with van der Waals surface area (Å²) in [6, 6.07) is 7.46. The van der Waals surface area contributed by atoms with E-state index in [9.17, 15) is 5.11 Å². The molecule has 0 fully saturated rings. The molecule has 3 nitrogen and oxygen atoms in total. The largest absolute Gasteiger partial charge is 0.506 e. The Hall–Kier alpha value is -1.68. The van der Waals surface area contributed by atoms with Crippen LogP contribution >= 0.6 is 15.9 Å². The molecule has 0 bridgehead atoms. The fourth-order valence-corrected chi connectivity index (χ4v) is 2.57. The van der Waals surface area contributed by atoms with Crippen LogP contribution in [0.25, 0.3) is 22.1 Å². The van der Waals surface area contributed by atoms with Gasteiger partial charge in [-0.1, -0.05) is 6.07 Å². The zero-order valence-electron chi connectivity index (χ0n) is 10.0. The summed E-state index contributed by atoms with van der Waals surface area (Å²) in [7, 11) is 0. The lowest BCUT2D eigenvalue weighted by Gasteiger charge is -2.07. The van der Waals surface area contributed by atoms with E-state index in [1.807, 2.05) is 19.9 Å². The number of phenols is 1. The Morgan fingerprint density at radius 2 is 1.78 bits per heavy atom. The average Bonchev–Trinajstić information content (AvgIpc) is 2.32. The predicted molar refractivity (Wildman–Crippen MR) is 75.9 cm³/mol. The highest BCUT2D eigenvalue weighted by molar-refractivity contribution is 9.10. The number of nitrogens with zero attached hydrogens (tertiary/aromatic N) is 2. The molecule has 18 heavy (non-hydrogen) atoms. The van der Waals surface area contributed by atoms with Crippen molar-refractivity contribution in [2.45, 2.75) is 13.8 Å². The van der Waals surface area contributed by atoms with Gasteiger partial charge in [-0.2, -0.15) is 0 Å². The average molecular weight is 303 g/mol. The zero-order chi connectivity index (χ0) is 12.9. The molecule has 0 unspecified atom stereocenters. The fourth-order valence-electron chi connectivity index (χ4n) is 2.16. The summed E-state index contributed by atoms with van der Waals surface area (Å²) in [5, 5.41) is 9.87. The van der Waals surface area contributed by atoms with Gasteiger partial charge in [0.15, 0.2) is 0 Å². The van der Waals surface area contributed by atoms with E-state index in [4.69, 9.17) is 0 Å². The van der Waals surface area contributed by atoms with Crippen molar-refractivity contribution in [2.75, 3.05) is 0 Å². The Morgan fingerprint density at radius 3 is 2.56 bits per heavy atom. The Balaban J connectivity index is 2.55. The summed E-state index contributed by atoms with van der Waals surface area (Å²) >= 11 is 3.44. The van der Waals surface area contributed by atoms with Gasteiger partial charge in [-0.25, -0.2) is 9.97 Å². The molecule has 0 atom stereocenters. The van der Waals surface area contributed by atoms with Crippen molar-refractivity contribution < 1.29 is 5.11 Å². The van der Waals surface area contributed by atoms with E-state index in [2.05, 4.69) is 32.0 Å². The van der Waals surface area contributed by atoms with Gasteiger partial charge in [-0.05, 0) is 59.1 Å². The van der Waals surface area contributed by atoms with Crippen molar-refractivity contribution in [1.29, 1.82) is 0 Å². The third kappa shape index (κ3) is 1.64. The normalized spacial score (nSPS) is 11.3. The summed E-state index contributed by atoms with van der Waals surface area (Å²) < 4.78 is 0.838. The molecular weight excluding hydrogens is 292 g/mol. The van der Waals surface area contributed by atoms with Gasteiger partial charge in [0, 0.05) is 4.47 Å². The molecule has 0 radical (unpaired) electrons. The summed E-state index contributed by atoms with van der Waals surface area (Å²) in [6.07, 6.45) is 0. The Bertz CT molecular complexity index is 784. The van der Waals surface area contributed by atoms with E-state index in [0.717, 1.165) is 26.6 Å². The van der Waals surface area contributed by atoms with Crippen molar-refractivity contribution in [1.82, 2.24) is 9.97 Å². The first kappa shape index (κ1) is 11.4. The van der Waals surface area contributed by atoms with Crippen molar-refractivity contribution in [3.05, 3.63) is 39.9 Å². The smallest absolute Gasteiger partial charge is 0.143 e. The lowest BCUT2D eigenvalue weighted by atomic mass is 10.1. The molecule has 0 saturated carbocycles. The number of hydrogen-bond acceptors (Lipinski definition) is 3. The fraction of sp³-hybridized carbons (Fsp3) is 0.143. The van der Waals surface area contributed by atoms with Crippen LogP contribution < -0.4 is 0 Å². The van der Waals surface area contributed by atoms with Crippen molar-refractivity contribution >= 4 is 38.0 Å². The minimum absolute atomic E-state index is 0.154. The summed E-state index contributed by atoms with van der Waals surface area (Å²) in [5.41, 5.74) is 5.14. The molecule has 4 heteroatoms. The molecule has 0 saturated heterocycles. The molecule has 2 aromatic carbocycles. The highest BCUT2D eigenvalue weighted by Gasteiger charge is 2.10. The van der Waals surface area contributed by atoms with Crippen LogP contribution in [0.3, 0.4) is 0 Å². The molecule has 0 aliphatic rings. The van der Waals surface area contributed by atoms with Gasteiger partial charge in [-0.3, -0.25) is 0 Å². The van der Waals surface area contributed by atoms with Gasteiger partial charge < -0.3 is 5.11 Å². The van der Waals surface area contributed by atoms with Gasteiger partial charge in [0.25, 0.3) is 0 Å². The van der Waals surface area contributed by atoms with E-state index in [1.54, 1.807) is 12.1 Å². The van der Waals surface area contributed by atoms with Crippen molar-refractivity contribution in [3.8, 4) is 5.75 Å². The molecule has 90 valence electrons. The molecule has 1 heterocycles. The van der Waals surface area contributed by atoms with Crippen molar-refractivity contribution in [2.24, 2.45) is 0 Å². The number of aryl methyl sites for hydroxylation is 2. The summed E-state index contributed by atoms with van der Waals surface area (Å²) in [6.45, 7) is 4.05. The van der Waals surface area contributed by atoms with Crippen LogP contribution in [0.4, 0.5) is 0 Å². The first-order valence-corrected chi connectivity index (χ1v) is 6.42. The second kappa shape index (κ2) is 3.92. The van der Waals surface area contributed by atoms with Gasteiger partial charge in [-0.15, -0.1) is 0 Å². The number of aromatic hydroxyl groups is 1. The summed E-state index contributed by atoms with van der Waals surface area (Å²) in [4.78, 5) is 9.13. The highest BCUT2D eigenvalue weighted by atomic mass is 79.9. The van der Waals surface area contributed by atoms with Gasteiger partial charge in [0.1, 0.15) is 16.8 Å². The number of phenolic OH excluding ortho intramolecular Hbond substituents is 1. The Morgan fingerprint density at radius 1 is 1.00 bits per heavy atom. The second-order valence-corrected chi connectivity index (χ2v) is 5.29. The van der Waals surface area contributed by atoms with Crippen LogP contribution in [0.1, 0.15) is 11.1 Å². The van der Waals surface area contributed by atoms with E-state index in [1.165, 1.54) is 0 Å². The lowest BCUT2D eigenvalue weighted by molar-refractivity contribution is 0.480. The molecule has 1 aromatic heterocycles. The van der Waals surface area contributed by atoms with Crippen LogP contribution in [0, 0.1) is 13.8 Å². The monoisotopic (exact) mass is 302 g/mol. The maximum absolute atomic E-state index is 9.87. The standard InChI is InChI=1S/C14H11BrN2O/c1-7-5-8(2)12-10(6-7)16-14-11(18)4-3-9(15)13(14)17-12/h3-6,18H,1-2H3. The van der Waals surface area contributed by atoms with Crippen molar-refractivity contribution in [3.63, 3.8) is 0 Å². The zero-order valence-corrected chi connectivity index (χ0v) is 11.6. The number of rotatable bonds is 0. The highest BCUT2D eigenvalue weighted by Crippen LogP contribution is 2.30. The Labute approximate surface area is 113 Å². The van der Waals surface area contributed by atoms with Crippen LogP contribution in [0.5, 0.6) is 5.75 Å². The summed E-state index contributed by atoms with van der Waals surface area (Å²) in [5.74, 6) is 0.154. The van der Waals surface area contributed by atoms with E-state index < -0.39 is 0 Å². The predicted octanol–water partition coefficient (Wildman–Crippen LogP) is 3.87. The van der Waals surface area contributed by atoms with Crippen LogP contribution in [0.2, 0.25) is 0 Å². The number of benzene rings is 2. The molecular formula is C14H11BrN2O. The third-order valence-electron chi connectivity index (χ3n) is 2.96. The number of fused-ring (bicyclic) bond motifs is 2. The molecule has 0 amide bonds. The molecule has 3 rings (SSSR count). The van der Waals surface area contributed by atoms with Crippen LogP contribution in [0.15, 0.2) is 28.7 Å². The second-order valence-electron chi connectivity index (χ2n) is 4.44. The van der Waals surface area contributed by atoms with Gasteiger partial charge in [0.05, 0.1) is 11.0 Å². The van der Waals surface area contributed by atoms with Gasteiger partial charge in [0.2, 0.25) is 0 Å². The third-order valence-corrected chi connectivity index (χ3v) is 3.60. The first-order chi connectivity index (χ1) is 8.56. The van der Waals surface area contributed by atoms with Crippen LogP contribution in [-0.2, 0) is 0 Å². The SMILES string of the molecule is Cc1cc(C)c2nc3c(Br)ccc(O)c3nc2c1. The lowest BCUT2D eigenvalue weighted by Crippen LogP contribution is -1.92. The Kier molecular flexibility index (Phi) is 2.48. The first-order valence-electron chi connectivity index (χ1n) is 5.62.